The summed E-state index contributed by atoms with van der Waals surface area (Å²) in [6.07, 6.45) is 5.30. The van der Waals surface area contributed by atoms with Crippen LogP contribution in [0.5, 0.6) is 0 Å². The first-order chi connectivity index (χ1) is 9.71. The molecule has 0 aromatic carbocycles. The third-order valence-electron chi connectivity index (χ3n) is 1.75. The standard InChI is InChI=1S/C11H21NO4S2.CH3ClS/c1-11(2,3)15-10(14)12-8(6-7-17-4)9(13)16-18-5;1-3-2/h8H,6-7H2,1-5H3,(H,12,14);1H3. The van der Waals surface area contributed by atoms with E-state index in [4.69, 9.17) is 19.6 Å². The first-order valence-electron chi connectivity index (χ1n) is 6.09. The lowest BCUT2D eigenvalue weighted by Crippen LogP contribution is -2.44. The summed E-state index contributed by atoms with van der Waals surface area (Å²) in [5, 5.41) is 2.53. The van der Waals surface area contributed by atoms with Crippen molar-refractivity contribution in [1.29, 1.82) is 0 Å². The molecule has 21 heavy (non-hydrogen) atoms. The Kier molecular flexibility index (Phi) is 15.3. The van der Waals surface area contributed by atoms with Crippen molar-refractivity contribution in [2.45, 2.75) is 38.8 Å². The van der Waals surface area contributed by atoms with Crippen molar-refractivity contribution in [3.63, 3.8) is 0 Å². The highest BCUT2D eigenvalue weighted by molar-refractivity contribution is 8.20. The van der Waals surface area contributed by atoms with Gasteiger partial charge in [0, 0.05) is 6.26 Å². The first-order valence-corrected chi connectivity index (χ1v) is 10.7. The Hall–Kier alpha value is 0.0800. The van der Waals surface area contributed by atoms with Crippen LogP contribution in [0, 0.1) is 0 Å². The second-order valence-electron chi connectivity index (χ2n) is 4.70. The van der Waals surface area contributed by atoms with Crippen molar-refractivity contribution in [3.8, 4) is 0 Å². The second kappa shape index (κ2) is 13.7. The molecule has 0 aliphatic heterocycles. The molecule has 0 aromatic rings. The summed E-state index contributed by atoms with van der Waals surface area (Å²) in [6.45, 7) is 5.30. The molecule has 1 N–H and O–H groups in total. The summed E-state index contributed by atoms with van der Waals surface area (Å²) in [5.41, 5.74) is -0.586. The van der Waals surface area contributed by atoms with E-state index in [0.29, 0.717) is 6.42 Å². The van der Waals surface area contributed by atoms with E-state index in [1.807, 2.05) is 12.5 Å². The molecule has 0 aliphatic rings. The molecule has 5 nitrogen and oxygen atoms in total. The highest BCUT2D eigenvalue weighted by Gasteiger charge is 2.25. The van der Waals surface area contributed by atoms with Gasteiger partial charge in [-0.3, -0.25) is 0 Å². The van der Waals surface area contributed by atoms with E-state index in [1.54, 1.807) is 38.8 Å². The van der Waals surface area contributed by atoms with Crippen LogP contribution in [-0.4, -0.2) is 48.2 Å². The zero-order valence-corrected chi connectivity index (χ0v) is 16.4. The second-order valence-corrected chi connectivity index (χ2v) is 7.42. The molecule has 0 spiro atoms. The van der Waals surface area contributed by atoms with Gasteiger partial charge >= 0.3 is 12.1 Å². The molecule has 0 radical (unpaired) electrons. The van der Waals surface area contributed by atoms with Gasteiger partial charge in [-0.25, -0.2) is 9.59 Å². The SMILES string of the molecule is CSCCC(NC(=O)OC(C)(C)C)C(=O)OSC.CSCl. The lowest BCUT2D eigenvalue weighted by molar-refractivity contribution is -0.135. The van der Waals surface area contributed by atoms with Crippen LogP contribution in [0.25, 0.3) is 0 Å². The van der Waals surface area contributed by atoms with Crippen LogP contribution < -0.4 is 5.32 Å². The molecule has 0 aromatic heterocycles. The van der Waals surface area contributed by atoms with E-state index in [-0.39, 0.29) is 0 Å². The normalized spacial score (nSPS) is 11.8. The van der Waals surface area contributed by atoms with Gasteiger partial charge in [0.1, 0.15) is 11.6 Å². The number of nitrogens with one attached hydrogen (secondary N) is 1. The minimum atomic E-state index is -0.667. The molecule has 0 saturated heterocycles. The number of ether oxygens (including phenoxy) is 1. The summed E-state index contributed by atoms with van der Waals surface area (Å²) in [6, 6.07) is -0.667. The van der Waals surface area contributed by atoms with Gasteiger partial charge in [0.25, 0.3) is 0 Å². The van der Waals surface area contributed by atoms with Gasteiger partial charge in [0.15, 0.2) is 0 Å². The number of hydrogen-bond acceptors (Lipinski definition) is 7. The summed E-state index contributed by atoms with van der Waals surface area (Å²) in [7, 11) is 6.14. The highest BCUT2D eigenvalue weighted by Crippen LogP contribution is 2.10. The Morgan fingerprint density at radius 3 is 2.14 bits per heavy atom. The number of rotatable bonds is 6. The van der Waals surface area contributed by atoms with Gasteiger partial charge in [-0.05, 0) is 56.1 Å². The smallest absolute Gasteiger partial charge is 0.408 e. The highest BCUT2D eigenvalue weighted by atomic mass is 35.7. The van der Waals surface area contributed by atoms with E-state index >= 15 is 0 Å². The van der Waals surface area contributed by atoms with Crippen molar-refractivity contribution < 1.29 is 18.5 Å². The molecule has 1 unspecified atom stereocenters. The Bertz CT molecular complexity index is 301. The number of carbonyl (C=O) groups is 2. The average Bonchev–Trinajstić information content (AvgIpc) is 2.33. The molecular weight excluding hydrogens is 354 g/mol. The van der Waals surface area contributed by atoms with Gasteiger partial charge in [-0.2, -0.15) is 11.8 Å². The molecule has 0 rings (SSSR count). The molecule has 1 atom stereocenters. The minimum Gasteiger partial charge on any atom is -0.444 e. The Morgan fingerprint density at radius 1 is 1.24 bits per heavy atom. The van der Waals surface area contributed by atoms with Gasteiger partial charge in [-0.1, -0.05) is 11.0 Å². The molecule has 126 valence electrons. The lowest BCUT2D eigenvalue weighted by Gasteiger charge is -2.22. The van der Waals surface area contributed by atoms with Crippen LogP contribution in [0.2, 0.25) is 0 Å². The van der Waals surface area contributed by atoms with Crippen molar-refractivity contribution in [2.24, 2.45) is 0 Å². The van der Waals surface area contributed by atoms with E-state index in [0.717, 1.165) is 17.8 Å². The maximum atomic E-state index is 11.6. The van der Waals surface area contributed by atoms with Gasteiger partial charge in [0.05, 0.1) is 12.0 Å². The van der Waals surface area contributed by atoms with Crippen molar-refractivity contribution in [1.82, 2.24) is 5.32 Å². The number of halogens is 1. The zero-order valence-electron chi connectivity index (χ0n) is 13.2. The predicted octanol–water partition coefficient (Wildman–Crippen LogP) is 3.96. The van der Waals surface area contributed by atoms with Gasteiger partial charge < -0.3 is 14.2 Å². The third-order valence-corrected chi connectivity index (χ3v) is 2.73. The van der Waals surface area contributed by atoms with E-state index in [2.05, 4.69) is 5.32 Å². The summed E-state index contributed by atoms with van der Waals surface area (Å²) >= 11 is 2.56. The molecule has 9 heteroatoms. The van der Waals surface area contributed by atoms with Crippen molar-refractivity contribution >= 4 is 57.5 Å². The van der Waals surface area contributed by atoms with Crippen LogP contribution in [0.3, 0.4) is 0 Å². The maximum absolute atomic E-state index is 11.6. The molecule has 0 heterocycles. The monoisotopic (exact) mass is 377 g/mol. The summed E-state index contributed by atoms with van der Waals surface area (Å²) < 4.78 is 9.94. The first kappa shape index (κ1) is 23.3. The number of amides is 1. The molecule has 0 bridgehead atoms. The van der Waals surface area contributed by atoms with Crippen LogP contribution >= 0.6 is 45.5 Å². The average molecular weight is 378 g/mol. The molecule has 1 amide bonds. The molecule has 0 saturated carbocycles. The van der Waals surface area contributed by atoms with Gasteiger partial charge in [-0.15, -0.1) is 0 Å². The lowest BCUT2D eigenvalue weighted by atomic mass is 10.2. The van der Waals surface area contributed by atoms with Crippen molar-refractivity contribution in [2.75, 3.05) is 24.5 Å². The predicted molar refractivity (Wildman–Crippen MR) is 95.1 cm³/mol. The maximum Gasteiger partial charge on any atom is 0.408 e. The fourth-order valence-electron chi connectivity index (χ4n) is 1.07. The van der Waals surface area contributed by atoms with Gasteiger partial charge in [0.2, 0.25) is 0 Å². The Balaban J connectivity index is 0. The van der Waals surface area contributed by atoms with Crippen LogP contribution in [0.1, 0.15) is 27.2 Å². The third kappa shape index (κ3) is 16.3. The van der Waals surface area contributed by atoms with Crippen molar-refractivity contribution in [3.05, 3.63) is 0 Å². The fraction of sp³-hybridized carbons (Fsp3) is 0.833. The molecule has 0 aliphatic carbocycles. The zero-order chi connectivity index (χ0) is 16.9. The molecular formula is C12H24ClNO4S3. The Labute approximate surface area is 144 Å². The van der Waals surface area contributed by atoms with E-state index in [1.165, 1.54) is 11.0 Å². The number of carbonyl (C=O) groups excluding carboxylic acids is 2. The summed E-state index contributed by atoms with van der Waals surface area (Å²) in [4.78, 5) is 23.2. The Morgan fingerprint density at radius 2 is 1.76 bits per heavy atom. The summed E-state index contributed by atoms with van der Waals surface area (Å²) in [5.74, 6) is 0.298. The van der Waals surface area contributed by atoms with E-state index in [9.17, 15) is 9.59 Å². The number of alkyl carbamates (subject to hydrolysis) is 1. The largest absolute Gasteiger partial charge is 0.444 e. The quantitative estimate of drug-likeness (QED) is 0.702. The minimum absolute atomic E-state index is 0.456. The van der Waals surface area contributed by atoms with Crippen LogP contribution in [0.15, 0.2) is 0 Å². The van der Waals surface area contributed by atoms with Crippen LogP contribution in [-0.2, 0) is 13.7 Å². The topological polar surface area (TPSA) is 64.6 Å². The number of hydrogen-bond donors (Lipinski definition) is 1. The van der Waals surface area contributed by atoms with E-state index < -0.39 is 23.7 Å². The fourth-order valence-corrected chi connectivity index (χ4v) is 1.83. The van der Waals surface area contributed by atoms with Crippen LogP contribution in [0.4, 0.5) is 4.79 Å². The number of thioether (sulfide) groups is 1. The molecule has 0 fully saturated rings.